The molecule has 0 fully saturated rings. The normalized spacial score (nSPS) is 16.2. The Morgan fingerprint density at radius 2 is 1.73 bits per heavy atom. The number of para-hydroxylation sites is 3. The number of amides is 2. The van der Waals surface area contributed by atoms with Gasteiger partial charge in [-0.05, 0) is 42.3 Å². The van der Waals surface area contributed by atoms with Gasteiger partial charge < -0.3 is 19.7 Å². The second-order valence-electron chi connectivity index (χ2n) is 7.92. The SMILES string of the molecule is O=C(NCC1COc2ccccc2O1)c1ccccc1SCC(=O)N1CCc2ccccc21. The van der Waals surface area contributed by atoms with Crippen molar-refractivity contribution < 1.29 is 19.1 Å². The van der Waals surface area contributed by atoms with Crippen molar-refractivity contribution in [3.8, 4) is 11.5 Å². The fraction of sp³-hybridized carbons (Fsp3) is 0.231. The molecule has 0 spiro atoms. The molecule has 7 heteroatoms. The quantitative estimate of drug-likeness (QED) is 0.565. The van der Waals surface area contributed by atoms with Gasteiger partial charge in [-0.2, -0.15) is 0 Å². The first-order valence-electron chi connectivity index (χ1n) is 11.0. The topological polar surface area (TPSA) is 67.9 Å². The lowest BCUT2D eigenvalue weighted by molar-refractivity contribution is -0.116. The number of nitrogens with zero attached hydrogens (tertiary/aromatic N) is 1. The molecule has 3 aromatic carbocycles. The lowest BCUT2D eigenvalue weighted by Gasteiger charge is -2.26. The molecule has 168 valence electrons. The number of nitrogens with one attached hydrogen (secondary N) is 1. The number of fused-ring (bicyclic) bond motifs is 2. The van der Waals surface area contributed by atoms with E-state index in [0.29, 0.717) is 36.8 Å². The highest BCUT2D eigenvalue weighted by molar-refractivity contribution is 8.00. The lowest BCUT2D eigenvalue weighted by atomic mass is 10.2. The maximum absolute atomic E-state index is 12.9. The summed E-state index contributed by atoms with van der Waals surface area (Å²) in [5.74, 6) is 1.52. The summed E-state index contributed by atoms with van der Waals surface area (Å²) in [6.45, 7) is 1.41. The molecule has 0 bridgehead atoms. The molecule has 1 N–H and O–H groups in total. The second-order valence-corrected chi connectivity index (χ2v) is 8.93. The molecule has 3 aromatic rings. The van der Waals surface area contributed by atoms with Gasteiger partial charge in [-0.1, -0.05) is 42.5 Å². The Hall–Kier alpha value is -3.45. The van der Waals surface area contributed by atoms with Gasteiger partial charge in [0.15, 0.2) is 11.5 Å². The van der Waals surface area contributed by atoms with Crippen LogP contribution in [-0.2, 0) is 11.2 Å². The van der Waals surface area contributed by atoms with E-state index in [-0.39, 0.29) is 23.7 Å². The van der Waals surface area contributed by atoms with Crippen molar-refractivity contribution in [1.29, 1.82) is 0 Å². The van der Waals surface area contributed by atoms with Crippen molar-refractivity contribution in [3.05, 3.63) is 83.9 Å². The van der Waals surface area contributed by atoms with Crippen LogP contribution in [-0.4, -0.2) is 43.4 Å². The summed E-state index contributed by atoms with van der Waals surface area (Å²) in [4.78, 5) is 28.4. The van der Waals surface area contributed by atoms with E-state index < -0.39 is 0 Å². The predicted octanol–water partition coefficient (Wildman–Crippen LogP) is 3.94. The van der Waals surface area contributed by atoms with Gasteiger partial charge in [-0.25, -0.2) is 0 Å². The number of benzene rings is 3. The van der Waals surface area contributed by atoms with Gasteiger partial charge in [0.2, 0.25) is 5.91 Å². The molecule has 0 saturated heterocycles. The van der Waals surface area contributed by atoms with Crippen LogP contribution in [0.4, 0.5) is 5.69 Å². The number of rotatable bonds is 6. The molecule has 2 aliphatic heterocycles. The molecule has 0 aromatic heterocycles. The first-order valence-corrected chi connectivity index (χ1v) is 11.9. The Bertz CT molecular complexity index is 1180. The molecular weight excluding hydrogens is 436 g/mol. The average molecular weight is 461 g/mol. The van der Waals surface area contributed by atoms with Gasteiger partial charge >= 0.3 is 0 Å². The Morgan fingerprint density at radius 3 is 2.64 bits per heavy atom. The summed E-state index contributed by atoms with van der Waals surface area (Å²) in [6, 6.07) is 22.9. The van der Waals surface area contributed by atoms with E-state index in [1.807, 2.05) is 65.6 Å². The minimum absolute atomic E-state index is 0.0478. The van der Waals surface area contributed by atoms with Crippen molar-refractivity contribution in [1.82, 2.24) is 5.32 Å². The minimum Gasteiger partial charge on any atom is -0.486 e. The van der Waals surface area contributed by atoms with Crippen molar-refractivity contribution in [2.45, 2.75) is 17.4 Å². The minimum atomic E-state index is -0.263. The van der Waals surface area contributed by atoms with E-state index >= 15 is 0 Å². The maximum atomic E-state index is 12.9. The highest BCUT2D eigenvalue weighted by Gasteiger charge is 2.25. The number of hydrogen-bond donors (Lipinski definition) is 1. The highest BCUT2D eigenvalue weighted by Crippen LogP contribution is 2.31. The van der Waals surface area contributed by atoms with Crippen molar-refractivity contribution in [2.24, 2.45) is 0 Å². The first-order chi connectivity index (χ1) is 16.2. The van der Waals surface area contributed by atoms with Crippen LogP contribution >= 0.6 is 11.8 Å². The number of carbonyl (C=O) groups excluding carboxylic acids is 2. The number of hydrogen-bond acceptors (Lipinski definition) is 5. The fourth-order valence-corrected chi connectivity index (χ4v) is 4.99. The van der Waals surface area contributed by atoms with E-state index in [0.717, 1.165) is 17.0 Å². The number of ether oxygens (including phenoxy) is 2. The highest BCUT2D eigenvalue weighted by atomic mass is 32.2. The van der Waals surface area contributed by atoms with E-state index in [1.54, 1.807) is 6.07 Å². The zero-order valence-electron chi connectivity index (χ0n) is 18.0. The van der Waals surface area contributed by atoms with Crippen LogP contribution < -0.4 is 19.7 Å². The van der Waals surface area contributed by atoms with Crippen LogP contribution in [0.3, 0.4) is 0 Å². The Labute approximate surface area is 196 Å². The Morgan fingerprint density at radius 1 is 0.970 bits per heavy atom. The summed E-state index contributed by atoms with van der Waals surface area (Å²) in [7, 11) is 0. The summed E-state index contributed by atoms with van der Waals surface area (Å²) in [5, 5.41) is 2.94. The summed E-state index contributed by atoms with van der Waals surface area (Å²) in [5.41, 5.74) is 2.74. The smallest absolute Gasteiger partial charge is 0.252 e. The summed E-state index contributed by atoms with van der Waals surface area (Å²) < 4.78 is 11.6. The van der Waals surface area contributed by atoms with E-state index in [9.17, 15) is 9.59 Å². The molecule has 0 saturated carbocycles. The number of carbonyl (C=O) groups is 2. The molecule has 0 aliphatic carbocycles. The standard InChI is InChI=1S/C26H24N2O4S/c29-25(28-14-13-18-7-1-3-9-21(18)28)17-33-24-12-6-2-8-20(24)26(30)27-15-19-16-31-22-10-4-5-11-23(22)32-19/h1-12,19H,13-17H2,(H,27,30). The van der Waals surface area contributed by atoms with E-state index in [1.165, 1.54) is 17.3 Å². The fourth-order valence-electron chi connectivity index (χ4n) is 4.06. The number of thioether (sulfide) groups is 1. The van der Waals surface area contributed by atoms with Crippen molar-refractivity contribution >= 4 is 29.3 Å². The summed E-state index contributed by atoms with van der Waals surface area (Å²) in [6.07, 6.45) is 0.615. The van der Waals surface area contributed by atoms with Crippen LogP contribution in [0.25, 0.3) is 0 Å². The summed E-state index contributed by atoms with van der Waals surface area (Å²) >= 11 is 1.39. The molecule has 6 nitrogen and oxygen atoms in total. The Balaban J connectivity index is 1.18. The molecular formula is C26H24N2O4S. The van der Waals surface area contributed by atoms with Crippen LogP contribution in [0.15, 0.2) is 77.7 Å². The van der Waals surface area contributed by atoms with Gasteiger partial charge in [-0.3, -0.25) is 9.59 Å². The van der Waals surface area contributed by atoms with Crippen LogP contribution in [0.1, 0.15) is 15.9 Å². The average Bonchev–Trinajstić information content (AvgIpc) is 3.30. The molecule has 0 radical (unpaired) electrons. The predicted molar refractivity (Wildman–Crippen MR) is 128 cm³/mol. The van der Waals surface area contributed by atoms with Crippen molar-refractivity contribution in [2.75, 3.05) is 30.3 Å². The Kier molecular flexibility index (Phi) is 6.21. The lowest BCUT2D eigenvalue weighted by Crippen LogP contribution is -2.40. The van der Waals surface area contributed by atoms with E-state index in [4.69, 9.17) is 9.47 Å². The molecule has 2 heterocycles. The first kappa shape index (κ1) is 21.4. The molecule has 1 unspecified atom stereocenters. The van der Waals surface area contributed by atoms with E-state index in [2.05, 4.69) is 11.4 Å². The third-order valence-corrected chi connectivity index (χ3v) is 6.79. The molecule has 2 aliphatic rings. The van der Waals surface area contributed by atoms with Gasteiger partial charge in [0.25, 0.3) is 5.91 Å². The monoisotopic (exact) mass is 460 g/mol. The van der Waals surface area contributed by atoms with Gasteiger partial charge in [-0.15, -0.1) is 11.8 Å². The largest absolute Gasteiger partial charge is 0.486 e. The third kappa shape index (κ3) is 4.68. The van der Waals surface area contributed by atoms with Crippen LogP contribution in [0.2, 0.25) is 0 Å². The zero-order chi connectivity index (χ0) is 22.6. The molecule has 33 heavy (non-hydrogen) atoms. The van der Waals surface area contributed by atoms with Gasteiger partial charge in [0.05, 0.1) is 17.9 Å². The number of anilines is 1. The second kappa shape index (κ2) is 9.58. The molecule has 1 atom stereocenters. The maximum Gasteiger partial charge on any atom is 0.252 e. The van der Waals surface area contributed by atoms with Crippen molar-refractivity contribution in [3.63, 3.8) is 0 Å². The van der Waals surface area contributed by atoms with Crippen LogP contribution in [0, 0.1) is 0 Å². The molecule has 5 rings (SSSR count). The van der Waals surface area contributed by atoms with Crippen LogP contribution in [0.5, 0.6) is 11.5 Å². The van der Waals surface area contributed by atoms with Gasteiger partial charge in [0, 0.05) is 17.1 Å². The van der Waals surface area contributed by atoms with Gasteiger partial charge in [0.1, 0.15) is 12.7 Å². The molecule has 2 amide bonds. The third-order valence-electron chi connectivity index (χ3n) is 5.73. The zero-order valence-corrected chi connectivity index (χ0v) is 18.8.